The minimum atomic E-state index is -0.898. The fourth-order valence-corrected chi connectivity index (χ4v) is 3.79. The molecule has 0 aliphatic carbocycles. The van der Waals surface area contributed by atoms with E-state index in [9.17, 15) is 5.11 Å². The summed E-state index contributed by atoms with van der Waals surface area (Å²) in [5.41, 5.74) is 11.9. The van der Waals surface area contributed by atoms with Crippen LogP contribution in [0.2, 0.25) is 0 Å². The zero-order chi connectivity index (χ0) is 20.9. The molecule has 7 heteroatoms. The number of nitrogens with two attached hydrogens (primary N) is 1. The lowest BCUT2D eigenvalue weighted by atomic mass is 9.97. The van der Waals surface area contributed by atoms with Crippen LogP contribution in [0.1, 0.15) is 25.1 Å². The first kappa shape index (κ1) is 18.5. The highest BCUT2D eigenvalue weighted by molar-refractivity contribution is 5.87. The third kappa shape index (κ3) is 2.87. The normalized spacial score (nSPS) is 12.1. The summed E-state index contributed by atoms with van der Waals surface area (Å²) in [5.74, 6) is 0.770. The summed E-state index contributed by atoms with van der Waals surface area (Å²) in [5, 5.41) is 10.3. The van der Waals surface area contributed by atoms with Crippen molar-refractivity contribution < 1.29 is 5.11 Å². The lowest BCUT2D eigenvalue weighted by Gasteiger charge is -2.17. The van der Waals surface area contributed by atoms with Crippen molar-refractivity contribution in [3.05, 3.63) is 72.3 Å². The van der Waals surface area contributed by atoms with E-state index in [-0.39, 0.29) is 0 Å². The molecule has 0 fully saturated rings. The van der Waals surface area contributed by atoms with Crippen molar-refractivity contribution >= 4 is 16.7 Å². The van der Waals surface area contributed by atoms with Crippen molar-refractivity contribution in [2.24, 2.45) is 5.73 Å². The van der Waals surface area contributed by atoms with Gasteiger partial charge in [-0.15, -0.1) is 0 Å². The van der Waals surface area contributed by atoms with Gasteiger partial charge in [0.05, 0.1) is 34.2 Å². The van der Waals surface area contributed by atoms with E-state index in [4.69, 9.17) is 10.7 Å². The van der Waals surface area contributed by atoms with Crippen molar-refractivity contribution in [3.8, 4) is 22.6 Å². The van der Waals surface area contributed by atoms with Crippen LogP contribution in [0.25, 0.3) is 39.3 Å². The van der Waals surface area contributed by atoms with Crippen LogP contribution in [-0.2, 0) is 12.1 Å². The molecule has 0 unspecified atom stereocenters. The summed E-state index contributed by atoms with van der Waals surface area (Å²) < 4.78 is 2.09. The molecule has 0 amide bonds. The average Bonchev–Trinajstić information content (AvgIpc) is 3.37. The number of benzene rings is 1. The van der Waals surface area contributed by atoms with Crippen molar-refractivity contribution in [2.45, 2.75) is 26.0 Å². The van der Waals surface area contributed by atoms with Gasteiger partial charge in [-0.2, -0.15) is 0 Å². The monoisotopic (exact) mass is 398 g/mol. The molecule has 0 aliphatic rings. The zero-order valence-corrected chi connectivity index (χ0v) is 16.8. The van der Waals surface area contributed by atoms with Crippen LogP contribution in [0.5, 0.6) is 0 Å². The van der Waals surface area contributed by atoms with Crippen LogP contribution in [0.3, 0.4) is 0 Å². The summed E-state index contributed by atoms with van der Waals surface area (Å²) >= 11 is 0. The number of aromatic nitrogens is 5. The van der Waals surface area contributed by atoms with E-state index in [0.29, 0.717) is 6.54 Å². The topological polar surface area (TPSA) is 105 Å². The first-order valence-corrected chi connectivity index (χ1v) is 9.79. The molecule has 4 aromatic heterocycles. The standard InChI is InChI=1S/C23H22N6O/c1-23(2,30)15-7-5-14(6-8-15)20-19-13-27-21-18(9-11-26-21)29(19)22(28-20)16-4-3-10-25-17(16)12-24/h3-11,13,26,30H,12,24H2,1-2H3. The van der Waals surface area contributed by atoms with E-state index < -0.39 is 5.60 Å². The summed E-state index contributed by atoms with van der Waals surface area (Å²) in [7, 11) is 0. The van der Waals surface area contributed by atoms with Crippen molar-refractivity contribution in [1.82, 2.24) is 24.3 Å². The quantitative estimate of drug-likeness (QED) is 0.429. The Morgan fingerprint density at radius 2 is 1.87 bits per heavy atom. The molecule has 0 radical (unpaired) electrons. The number of pyridine rings is 1. The third-order valence-electron chi connectivity index (χ3n) is 5.36. The number of aromatic amines is 1. The Kier molecular flexibility index (Phi) is 4.16. The van der Waals surface area contributed by atoms with Crippen LogP contribution in [0.15, 0.2) is 61.1 Å². The van der Waals surface area contributed by atoms with Gasteiger partial charge in [0.25, 0.3) is 0 Å². The molecule has 5 rings (SSSR count). The minimum Gasteiger partial charge on any atom is -0.386 e. The Bertz CT molecular complexity index is 1360. The number of H-pyrrole nitrogens is 1. The molecule has 4 N–H and O–H groups in total. The number of hydrogen-bond acceptors (Lipinski definition) is 5. The predicted molar refractivity (Wildman–Crippen MR) is 117 cm³/mol. The second kappa shape index (κ2) is 6.76. The highest BCUT2D eigenvalue weighted by Crippen LogP contribution is 2.33. The third-order valence-corrected chi connectivity index (χ3v) is 5.36. The molecule has 0 aliphatic heterocycles. The van der Waals surface area contributed by atoms with E-state index in [1.165, 1.54) is 0 Å². The zero-order valence-electron chi connectivity index (χ0n) is 16.8. The number of rotatable bonds is 4. The molecule has 30 heavy (non-hydrogen) atoms. The molecule has 0 bridgehead atoms. The first-order valence-electron chi connectivity index (χ1n) is 9.79. The smallest absolute Gasteiger partial charge is 0.154 e. The van der Waals surface area contributed by atoms with Crippen LogP contribution in [0.4, 0.5) is 0 Å². The second-order valence-electron chi connectivity index (χ2n) is 7.81. The predicted octanol–water partition coefficient (Wildman–Crippen LogP) is 3.63. The molecular weight excluding hydrogens is 376 g/mol. The highest BCUT2D eigenvalue weighted by Gasteiger charge is 2.21. The number of hydrogen-bond donors (Lipinski definition) is 3. The van der Waals surface area contributed by atoms with Gasteiger partial charge in [-0.3, -0.25) is 9.38 Å². The summed E-state index contributed by atoms with van der Waals surface area (Å²) in [6.07, 6.45) is 5.43. The maximum atomic E-state index is 10.3. The van der Waals surface area contributed by atoms with Gasteiger partial charge in [-0.1, -0.05) is 24.3 Å². The number of fused-ring (bicyclic) bond motifs is 3. The first-order chi connectivity index (χ1) is 14.5. The highest BCUT2D eigenvalue weighted by atomic mass is 16.3. The molecule has 150 valence electrons. The average molecular weight is 398 g/mol. The molecule has 4 heterocycles. The molecular formula is C23H22N6O. The molecule has 0 saturated carbocycles. The molecule has 0 saturated heterocycles. The second-order valence-corrected chi connectivity index (χ2v) is 7.81. The minimum absolute atomic E-state index is 0.321. The Balaban J connectivity index is 1.80. The molecule has 0 atom stereocenters. The molecule has 7 nitrogen and oxygen atoms in total. The maximum Gasteiger partial charge on any atom is 0.154 e. The molecule has 0 spiro atoms. The van der Waals surface area contributed by atoms with Gasteiger partial charge in [0.2, 0.25) is 0 Å². The van der Waals surface area contributed by atoms with E-state index in [0.717, 1.165) is 50.6 Å². The molecule has 5 aromatic rings. The van der Waals surface area contributed by atoms with Crippen LogP contribution < -0.4 is 5.73 Å². The van der Waals surface area contributed by atoms with Gasteiger partial charge < -0.3 is 15.8 Å². The van der Waals surface area contributed by atoms with Crippen molar-refractivity contribution in [3.63, 3.8) is 0 Å². The summed E-state index contributed by atoms with van der Waals surface area (Å²) in [6.45, 7) is 3.87. The fraction of sp³-hybridized carbons (Fsp3) is 0.174. The number of nitrogens with zero attached hydrogens (tertiary/aromatic N) is 4. The van der Waals surface area contributed by atoms with Gasteiger partial charge >= 0.3 is 0 Å². The maximum absolute atomic E-state index is 10.3. The number of nitrogens with one attached hydrogen (secondary N) is 1. The Morgan fingerprint density at radius 3 is 2.60 bits per heavy atom. The van der Waals surface area contributed by atoms with Gasteiger partial charge in [0, 0.05) is 30.1 Å². The van der Waals surface area contributed by atoms with Gasteiger partial charge in [0.15, 0.2) is 5.65 Å². The largest absolute Gasteiger partial charge is 0.386 e. The number of aliphatic hydroxyl groups is 1. The van der Waals surface area contributed by atoms with E-state index in [1.807, 2.05) is 54.9 Å². The summed E-state index contributed by atoms with van der Waals surface area (Å²) in [4.78, 5) is 17.2. The molecule has 1 aromatic carbocycles. The van der Waals surface area contributed by atoms with Gasteiger partial charge in [0.1, 0.15) is 5.82 Å². The van der Waals surface area contributed by atoms with E-state index in [1.54, 1.807) is 20.0 Å². The Labute approximate surface area is 173 Å². The lowest BCUT2D eigenvalue weighted by Crippen LogP contribution is -2.14. The van der Waals surface area contributed by atoms with Crippen molar-refractivity contribution in [2.75, 3.05) is 0 Å². The van der Waals surface area contributed by atoms with Crippen LogP contribution in [-0.4, -0.2) is 29.4 Å². The van der Waals surface area contributed by atoms with Crippen LogP contribution in [0, 0.1) is 0 Å². The van der Waals surface area contributed by atoms with Gasteiger partial charge in [-0.05, 0) is 37.6 Å². The number of imidazole rings is 1. The Hall–Kier alpha value is -3.55. The van der Waals surface area contributed by atoms with E-state index >= 15 is 0 Å². The van der Waals surface area contributed by atoms with Crippen LogP contribution >= 0.6 is 0 Å². The Morgan fingerprint density at radius 1 is 1.07 bits per heavy atom. The van der Waals surface area contributed by atoms with Gasteiger partial charge in [-0.25, -0.2) is 9.97 Å². The summed E-state index contributed by atoms with van der Waals surface area (Å²) in [6, 6.07) is 13.7. The van der Waals surface area contributed by atoms with E-state index in [2.05, 4.69) is 19.4 Å². The fourth-order valence-electron chi connectivity index (χ4n) is 3.79. The lowest BCUT2D eigenvalue weighted by molar-refractivity contribution is 0.0786. The SMILES string of the molecule is CC(C)(O)c1ccc(-c2nc(-c3cccnc3CN)n3c2cnc2[nH]ccc23)cc1. The van der Waals surface area contributed by atoms with Crippen molar-refractivity contribution in [1.29, 1.82) is 0 Å².